The normalized spacial score (nSPS) is 14.2. The number of piperazine rings is 1. The molecule has 1 fully saturated rings. The lowest BCUT2D eigenvalue weighted by atomic mass is 10.1. The van der Waals surface area contributed by atoms with Crippen molar-refractivity contribution >= 4 is 28.3 Å². The summed E-state index contributed by atoms with van der Waals surface area (Å²) in [4.78, 5) is 44.1. The van der Waals surface area contributed by atoms with Crippen molar-refractivity contribution in [3.63, 3.8) is 0 Å². The lowest BCUT2D eigenvalue weighted by Gasteiger charge is -2.36. The third-order valence-corrected chi connectivity index (χ3v) is 5.42. The number of nitrogens with zero attached hydrogens (tertiary/aromatic N) is 4. The highest BCUT2D eigenvalue weighted by Gasteiger charge is 2.23. The van der Waals surface area contributed by atoms with E-state index in [1.54, 1.807) is 17.0 Å². The van der Waals surface area contributed by atoms with Crippen molar-refractivity contribution in [3.05, 3.63) is 70.3 Å². The van der Waals surface area contributed by atoms with E-state index in [9.17, 15) is 23.2 Å². The highest BCUT2D eigenvalue weighted by Crippen LogP contribution is 2.22. The summed E-state index contributed by atoms with van der Waals surface area (Å²) in [5.41, 5.74) is 0.524. The fraction of sp³-hybridized carbons (Fsp3) is 0.273. The van der Waals surface area contributed by atoms with Crippen LogP contribution < -0.4 is 10.5 Å². The highest BCUT2D eigenvalue weighted by molar-refractivity contribution is 5.94. The lowest BCUT2D eigenvalue weighted by molar-refractivity contribution is -0.132. The topological polar surface area (TPSA) is 75.5 Å². The molecule has 0 saturated carbocycles. The van der Waals surface area contributed by atoms with Gasteiger partial charge in [-0.15, -0.1) is 0 Å². The number of Topliss-reactive ketones (excluding diaryl/α,β-unsaturated/α-hetero) is 1. The second-order valence-corrected chi connectivity index (χ2v) is 7.43. The molecule has 1 amide bonds. The first-order chi connectivity index (χ1) is 14.8. The van der Waals surface area contributed by atoms with Crippen LogP contribution in [0.3, 0.4) is 0 Å². The average Bonchev–Trinajstić information content (AvgIpc) is 2.75. The molecule has 31 heavy (non-hydrogen) atoms. The molecule has 7 nitrogen and oxygen atoms in total. The van der Waals surface area contributed by atoms with Gasteiger partial charge in [0.1, 0.15) is 18.2 Å². The molecule has 0 aliphatic carbocycles. The summed E-state index contributed by atoms with van der Waals surface area (Å²) in [7, 11) is 0. The van der Waals surface area contributed by atoms with Gasteiger partial charge >= 0.3 is 0 Å². The second-order valence-electron chi connectivity index (χ2n) is 7.43. The first kappa shape index (κ1) is 20.6. The molecule has 160 valence electrons. The van der Waals surface area contributed by atoms with Crippen LogP contribution in [0.15, 0.2) is 47.5 Å². The Balaban J connectivity index is 1.43. The minimum absolute atomic E-state index is 0.180. The molecule has 2 aromatic carbocycles. The molecule has 0 radical (unpaired) electrons. The molecule has 0 bridgehead atoms. The number of anilines is 1. The largest absolute Gasteiger partial charge is 0.366 e. The number of carbonyl (C=O) groups is 2. The maximum atomic E-state index is 14.4. The van der Waals surface area contributed by atoms with E-state index in [4.69, 9.17) is 0 Å². The van der Waals surface area contributed by atoms with E-state index >= 15 is 0 Å². The van der Waals surface area contributed by atoms with Gasteiger partial charge in [0.2, 0.25) is 5.91 Å². The van der Waals surface area contributed by atoms with Gasteiger partial charge in [0, 0.05) is 37.8 Å². The molecule has 1 saturated heterocycles. The molecule has 0 spiro atoms. The smallest absolute Gasteiger partial charge is 0.261 e. The SMILES string of the molecule is CC(=O)c1ccc(N2CCN(C(=O)Cn3cnc4cc(F)ccc4c3=O)CC2)c(F)c1. The van der Waals surface area contributed by atoms with Crippen LogP contribution in [-0.2, 0) is 11.3 Å². The van der Waals surface area contributed by atoms with Crippen LogP contribution in [0, 0.1) is 11.6 Å². The predicted molar refractivity (Wildman–Crippen MR) is 111 cm³/mol. The second kappa shape index (κ2) is 8.25. The first-order valence-corrected chi connectivity index (χ1v) is 9.81. The van der Waals surface area contributed by atoms with E-state index < -0.39 is 17.2 Å². The van der Waals surface area contributed by atoms with Gasteiger partial charge < -0.3 is 9.80 Å². The fourth-order valence-electron chi connectivity index (χ4n) is 3.67. The van der Waals surface area contributed by atoms with Gasteiger partial charge in [-0.25, -0.2) is 13.8 Å². The quantitative estimate of drug-likeness (QED) is 0.598. The van der Waals surface area contributed by atoms with E-state index in [0.29, 0.717) is 37.4 Å². The Morgan fingerprint density at radius 2 is 1.77 bits per heavy atom. The van der Waals surface area contributed by atoms with Gasteiger partial charge in [-0.05, 0) is 37.3 Å². The van der Waals surface area contributed by atoms with Crippen molar-refractivity contribution < 1.29 is 18.4 Å². The summed E-state index contributed by atoms with van der Waals surface area (Å²) in [5.74, 6) is -1.42. The van der Waals surface area contributed by atoms with Crippen LogP contribution in [0.4, 0.5) is 14.5 Å². The Bertz CT molecular complexity index is 1230. The summed E-state index contributed by atoms with van der Waals surface area (Å²) < 4.78 is 28.9. The first-order valence-electron chi connectivity index (χ1n) is 9.81. The lowest BCUT2D eigenvalue weighted by Crippen LogP contribution is -2.50. The minimum atomic E-state index is -0.488. The Hall–Kier alpha value is -3.62. The number of carbonyl (C=O) groups excluding carboxylic acids is 2. The number of amides is 1. The van der Waals surface area contributed by atoms with Crippen molar-refractivity contribution in [1.29, 1.82) is 0 Å². The maximum Gasteiger partial charge on any atom is 0.261 e. The monoisotopic (exact) mass is 426 g/mol. The van der Waals surface area contributed by atoms with Crippen LogP contribution in [-0.4, -0.2) is 52.3 Å². The van der Waals surface area contributed by atoms with Crippen LogP contribution in [0.5, 0.6) is 0 Å². The number of hydrogen-bond acceptors (Lipinski definition) is 5. The zero-order valence-electron chi connectivity index (χ0n) is 16.8. The third kappa shape index (κ3) is 4.16. The van der Waals surface area contributed by atoms with Crippen LogP contribution >= 0.6 is 0 Å². The van der Waals surface area contributed by atoms with Gasteiger partial charge in [0.05, 0.1) is 22.9 Å². The van der Waals surface area contributed by atoms with Gasteiger partial charge in [-0.3, -0.25) is 19.0 Å². The summed E-state index contributed by atoms with van der Waals surface area (Å²) in [5, 5.41) is 0.242. The summed E-state index contributed by atoms with van der Waals surface area (Å²) in [6, 6.07) is 8.09. The molecular weight excluding hydrogens is 406 g/mol. The molecule has 0 N–H and O–H groups in total. The Kier molecular flexibility index (Phi) is 5.50. The van der Waals surface area contributed by atoms with Crippen molar-refractivity contribution in [2.75, 3.05) is 31.1 Å². The average molecular weight is 426 g/mol. The summed E-state index contributed by atoms with van der Waals surface area (Å²) in [6.45, 7) is 2.79. The van der Waals surface area contributed by atoms with E-state index in [2.05, 4.69) is 4.98 Å². The zero-order valence-corrected chi connectivity index (χ0v) is 16.8. The molecule has 0 atom stereocenters. The Morgan fingerprint density at radius 3 is 2.45 bits per heavy atom. The van der Waals surface area contributed by atoms with Crippen LogP contribution in [0.25, 0.3) is 10.9 Å². The standard InChI is InChI=1S/C22H20F2N4O3/c1-14(29)15-2-5-20(18(24)10-15)26-6-8-27(9-7-26)21(30)12-28-13-25-19-11-16(23)3-4-17(19)22(28)31/h2-5,10-11,13H,6-9,12H2,1H3. The predicted octanol–water partition coefficient (Wildman–Crippen LogP) is 2.23. The van der Waals surface area contributed by atoms with Crippen LogP contribution in [0.2, 0.25) is 0 Å². The minimum Gasteiger partial charge on any atom is -0.366 e. The van der Waals surface area contributed by atoms with E-state index in [-0.39, 0.29) is 29.1 Å². The van der Waals surface area contributed by atoms with Gasteiger partial charge in [0.25, 0.3) is 5.56 Å². The van der Waals surface area contributed by atoms with Crippen molar-refractivity contribution in [3.8, 4) is 0 Å². The summed E-state index contributed by atoms with van der Waals surface area (Å²) in [6.07, 6.45) is 1.24. The van der Waals surface area contributed by atoms with Crippen molar-refractivity contribution in [1.82, 2.24) is 14.5 Å². The Labute approximate surface area is 176 Å². The number of halogens is 2. The fourth-order valence-corrected chi connectivity index (χ4v) is 3.67. The zero-order chi connectivity index (χ0) is 22.1. The molecule has 9 heteroatoms. The molecule has 1 aliphatic rings. The molecule has 4 rings (SSSR count). The molecule has 0 unspecified atom stereocenters. The van der Waals surface area contributed by atoms with Crippen molar-refractivity contribution in [2.24, 2.45) is 0 Å². The van der Waals surface area contributed by atoms with Gasteiger partial charge in [-0.2, -0.15) is 0 Å². The van der Waals surface area contributed by atoms with E-state index in [1.165, 1.54) is 42.1 Å². The van der Waals surface area contributed by atoms with E-state index in [0.717, 1.165) is 0 Å². The molecule has 1 aromatic heterocycles. The number of aromatic nitrogens is 2. The molecular formula is C22H20F2N4O3. The van der Waals surface area contributed by atoms with Crippen molar-refractivity contribution in [2.45, 2.75) is 13.5 Å². The number of fused-ring (bicyclic) bond motifs is 1. The highest BCUT2D eigenvalue weighted by atomic mass is 19.1. The molecule has 3 aromatic rings. The van der Waals surface area contributed by atoms with Gasteiger partial charge in [-0.1, -0.05) is 0 Å². The van der Waals surface area contributed by atoms with Crippen LogP contribution in [0.1, 0.15) is 17.3 Å². The van der Waals surface area contributed by atoms with Gasteiger partial charge in [0.15, 0.2) is 5.78 Å². The number of ketones is 1. The number of benzene rings is 2. The van der Waals surface area contributed by atoms with E-state index in [1.807, 2.05) is 4.90 Å². The maximum absolute atomic E-state index is 14.4. The number of rotatable bonds is 4. The third-order valence-electron chi connectivity index (χ3n) is 5.42. The molecule has 2 heterocycles. The summed E-state index contributed by atoms with van der Waals surface area (Å²) >= 11 is 0. The number of hydrogen-bond donors (Lipinski definition) is 0. The molecule has 1 aliphatic heterocycles. The Morgan fingerprint density at radius 1 is 1.03 bits per heavy atom.